The summed E-state index contributed by atoms with van der Waals surface area (Å²) in [6.07, 6.45) is 1.81. The van der Waals surface area contributed by atoms with Crippen molar-refractivity contribution in [3.05, 3.63) is 34.7 Å². The van der Waals surface area contributed by atoms with Gasteiger partial charge in [0.1, 0.15) is 6.10 Å². The fourth-order valence-electron chi connectivity index (χ4n) is 3.16. The van der Waals surface area contributed by atoms with Gasteiger partial charge < -0.3 is 18.9 Å². The van der Waals surface area contributed by atoms with Crippen LogP contribution in [0.3, 0.4) is 0 Å². The van der Waals surface area contributed by atoms with E-state index in [9.17, 15) is 8.42 Å². The van der Waals surface area contributed by atoms with Crippen LogP contribution in [-0.2, 0) is 32.5 Å². The van der Waals surface area contributed by atoms with E-state index in [1.807, 2.05) is 12.1 Å². The molecule has 1 aromatic carbocycles. The molecule has 0 spiro atoms. The van der Waals surface area contributed by atoms with Gasteiger partial charge in [-0.1, -0.05) is 0 Å². The quantitative estimate of drug-likeness (QED) is 0.775. The Bertz CT molecular complexity index is 802. The highest BCUT2D eigenvalue weighted by molar-refractivity contribution is 7.92. The van der Waals surface area contributed by atoms with Gasteiger partial charge in [-0.3, -0.25) is 0 Å². The number of nitrogens with zero attached hydrogens (tertiary/aromatic N) is 1. The standard InChI is InChI=1S/C18H25NO6S/c1-18(2)24-12-15(25-18)6-8-26(20,21)19-7-5-13-9-16(22-3)17(23-4)10-14(13)11-19/h6,8-10,15H,5,7,11-12H2,1-4H3/t15-/m0/s1. The Morgan fingerprint density at radius 2 is 1.85 bits per heavy atom. The second-order valence-corrected chi connectivity index (χ2v) is 8.62. The molecule has 0 radical (unpaired) electrons. The predicted octanol–water partition coefficient (Wildman–Crippen LogP) is 2.06. The lowest BCUT2D eigenvalue weighted by Crippen LogP contribution is -2.35. The summed E-state index contributed by atoms with van der Waals surface area (Å²) in [5.74, 6) is 0.571. The molecule has 0 N–H and O–H groups in total. The van der Waals surface area contributed by atoms with E-state index in [1.165, 1.54) is 9.71 Å². The van der Waals surface area contributed by atoms with Gasteiger partial charge in [0, 0.05) is 18.5 Å². The zero-order valence-corrected chi connectivity index (χ0v) is 16.3. The van der Waals surface area contributed by atoms with Crippen LogP contribution in [0, 0.1) is 0 Å². The topological polar surface area (TPSA) is 74.3 Å². The van der Waals surface area contributed by atoms with E-state index >= 15 is 0 Å². The van der Waals surface area contributed by atoms with Gasteiger partial charge in [-0.15, -0.1) is 0 Å². The number of ether oxygens (including phenoxy) is 4. The second kappa shape index (κ2) is 7.19. The molecule has 26 heavy (non-hydrogen) atoms. The molecule has 0 bridgehead atoms. The van der Waals surface area contributed by atoms with Crippen LogP contribution >= 0.6 is 0 Å². The van der Waals surface area contributed by atoms with Crippen molar-refractivity contribution < 1.29 is 27.4 Å². The molecule has 8 heteroatoms. The van der Waals surface area contributed by atoms with E-state index in [4.69, 9.17) is 18.9 Å². The highest BCUT2D eigenvalue weighted by Gasteiger charge is 2.32. The summed E-state index contributed by atoms with van der Waals surface area (Å²) in [7, 11) is -0.388. The van der Waals surface area contributed by atoms with Crippen molar-refractivity contribution in [2.45, 2.75) is 38.7 Å². The summed E-state index contributed by atoms with van der Waals surface area (Å²) in [6.45, 7) is 4.68. The maximum absolute atomic E-state index is 12.7. The lowest BCUT2D eigenvalue weighted by molar-refractivity contribution is -0.133. The van der Waals surface area contributed by atoms with Crippen molar-refractivity contribution in [3.63, 3.8) is 0 Å². The first-order valence-corrected chi connectivity index (χ1v) is 9.98. The molecule has 7 nitrogen and oxygen atoms in total. The van der Waals surface area contributed by atoms with Gasteiger partial charge in [0.2, 0.25) is 10.0 Å². The predicted molar refractivity (Wildman–Crippen MR) is 96.6 cm³/mol. The van der Waals surface area contributed by atoms with E-state index in [-0.39, 0.29) is 6.10 Å². The summed E-state index contributed by atoms with van der Waals surface area (Å²) >= 11 is 0. The highest BCUT2D eigenvalue weighted by Crippen LogP contribution is 2.34. The van der Waals surface area contributed by atoms with E-state index in [2.05, 4.69) is 0 Å². The maximum Gasteiger partial charge on any atom is 0.236 e. The third-order valence-electron chi connectivity index (χ3n) is 4.54. The summed E-state index contributed by atoms with van der Waals surface area (Å²) in [6, 6.07) is 3.76. The van der Waals surface area contributed by atoms with Crippen LogP contribution in [0.1, 0.15) is 25.0 Å². The Labute approximate surface area is 154 Å². The van der Waals surface area contributed by atoms with Crippen LogP contribution in [0.4, 0.5) is 0 Å². The van der Waals surface area contributed by atoms with Gasteiger partial charge in [0.25, 0.3) is 0 Å². The molecule has 3 rings (SSSR count). The molecule has 144 valence electrons. The zero-order valence-electron chi connectivity index (χ0n) is 15.5. The monoisotopic (exact) mass is 383 g/mol. The summed E-state index contributed by atoms with van der Waals surface area (Å²) in [4.78, 5) is 0. The maximum atomic E-state index is 12.7. The van der Waals surface area contributed by atoms with Crippen LogP contribution in [0.2, 0.25) is 0 Å². The first kappa shape index (κ1) is 19.2. The second-order valence-electron chi connectivity index (χ2n) is 6.80. The van der Waals surface area contributed by atoms with Crippen molar-refractivity contribution in [2.24, 2.45) is 0 Å². The Morgan fingerprint density at radius 1 is 1.19 bits per heavy atom. The number of rotatable bonds is 5. The Balaban J connectivity index is 1.75. The van der Waals surface area contributed by atoms with Crippen molar-refractivity contribution in [2.75, 3.05) is 27.4 Å². The van der Waals surface area contributed by atoms with Gasteiger partial charge >= 0.3 is 0 Å². The molecule has 1 fully saturated rings. The first-order chi connectivity index (χ1) is 12.2. The van der Waals surface area contributed by atoms with E-state index in [0.29, 0.717) is 37.6 Å². The first-order valence-electron chi connectivity index (χ1n) is 8.48. The average molecular weight is 383 g/mol. The molecule has 2 heterocycles. The number of sulfonamides is 1. The van der Waals surface area contributed by atoms with Crippen LogP contribution in [0.5, 0.6) is 11.5 Å². The molecular weight excluding hydrogens is 358 g/mol. The summed E-state index contributed by atoms with van der Waals surface area (Å²) < 4.78 is 48.5. The molecule has 1 aromatic rings. The van der Waals surface area contributed by atoms with Crippen molar-refractivity contribution in [1.82, 2.24) is 4.31 Å². The fraction of sp³-hybridized carbons (Fsp3) is 0.556. The third kappa shape index (κ3) is 4.03. The number of fused-ring (bicyclic) bond motifs is 1. The summed E-state index contributed by atoms with van der Waals surface area (Å²) in [5.41, 5.74) is 2.00. The molecule has 0 aliphatic carbocycles. The summed E-state index contributed by atoms with van der Waals surface area (Å²) in [5, 5.41) is 1.22. The van der Waals surface area contributed by atoms with Gasteiger partial charge in [-0.2, -0.15) is 4.31 Å². The molecule has 0 unspecified atom stereocenters. The SMILES string of the molecule is COc1cc2c(cc1OC)CN(S(=O)(=O)C=C[C@H]1COC(C)(C)O1)CC2. The lowest BCUT2D eigenvalue weighted by Gasteiger charge is -2.28. The third-order valence-corrected chi connectivity index (χ3v) is 6.07. The highest BCUT2D eigenvalue weighted by atomic mass is 32.2. The normalized spacial score (nSPS) is 23.2. The minimum atomic E-state index is -3.54. The molecule has 0 saturated carbocycles. The minimum absolute atomic E-state index is 0.301. The van der Waals surface area contributed by atoms with Crippen LogP contribution in [0.15, 0.2) is 23.6 Å². The zero-order chi connectivity index (χ0) is 18.9. The number of hydrogen-bond donors (Lipinski definition) is 0. The molecule has 1 saturated heterocycles. The molecule has 2 aliphatic rings. The van der Waals surface area contributed by atoms with Crippen molar-refractivity contribution in [1.29, 1.82) is 0 Å². The van der Waals surface area contributed by atoms with Crippen LogP contribution < -0.4 is 9.47 Å². The molecule has 1 atom stereocenters. The van der Waals surface area contributed by atoms with Gasteiger partial charge in [0.05, 0.1) is 20.8 Å². The number of hydrogen-bond acceptors (Lipinski definition) is 6. The van der Waals surface area contributed by atoms with E-state index in [0.717, 1.165) is 11.1 Å². The largest absolute Gasteiger partial charge is 0.493 e. The van der Waals surface area contributed by atoms with Crippen molar-refractivity contribution >= 4 is 10.0 Å². The smallest absolute Gasteiger partial charge is 0.236 e. The van der Waals surface area contributed by atoms with Crippen LogP contribution in [-0.4, -0.2) is 52.0 Å². The minimum Gasteiger partial charge on any atom is -0.493 e. The van der Waals surface area contributed by atoms with Crippen LogP contribution in [0.25, 0.3) is 0 Å². The Hall–Kier alpha value is -1.61. The van der Waals surface area contributed by atoms with Gasteiger partial charge in [-0.25, -0.2) is 8.42 Å². The Morgan fingerprint density at radius 3 is 2.42 bits per heavy atom. The lowest BCUT2D eigenvalue weighted by atomic mass is 10.0. The molecule has 0 amide bonds. The van der Waals surface area contributed by atoms with Crippen molar-refractivity contribution in [3.8, 4) is 11.5 Å². The van der Waals surface area contributed by atoms with Gasteiger partial charge in [-0.05, 0) is 49.6 Å². The number of benzene rings is 1. The van der Waals surface area contributed by atoms with E-state index in [1.54, 1.807) is 34.1 Å². The molecule has 0 aromatic heterocycles. The number of methoxy groups -OCH3 is 2. The fourth-order valence-corrected chi connectivity index (χ4v) is 4.37. The van der Waals surface area contributed by atoms with E-state index < -0.39 is 15.8 Å². The molecule has 2 aliphatic heterocycles. The average Bonchev–Trinajstić information content (AvgIpc) is 2.97. The Kier molecular flexibility index (Phi) is 5.30. The molecular formula is C18H25NO6S. The van der Waals surface area contributed by atoms with Gasteiger partial charge in [0.15, 0.2) is 17.3 Å².